The molecule has 0 aliphatic carbocycles. The summed E-state index contributed by atoms with van der Waals surface area (Å²) < 4.78 is 25.5. The number of aryl methyl sites for hydroxylation is 1. The standard InChI is InChI=1S/C32H36N6O4S/c1-37-29-13-10-22(15-27(29)35-36-37)18-34-31(39)30-16-23(14-21-8-11-26(12-9-21)43(2,41)42)20-38(30)32(40)28-17-25(19-33-28)24-6-4-3-5-7-24/h3-13,15,23,25,28,30,33H,14,16-20H2,1-2H3,(H,34,39)/t23-,25-,28-,30+/m1/s1. The first-order valence-electron chi connectivity index (χ1n) is 14.6. The van der Waals surface area contributed by atoms with Crippen molar-refractivity contribution in [1.82, 2.24) is 30.5 Å². The number of carbonyl (C=O) groups excluding carboxylic acids is 2. The zero-order valence-electron chi connectivity index (χ0n) is 24.3. The monoisotopic (exact) mass is 600 g/mol. The van der Waals surface area contributed by atoms with Crippen molar-refractivity contribution in [2.75, 3.05) is 19.3 Å². The van der Waals surface area contributed by atoms with E-state index in [4.69, 9.17) is 0 Å². The van der Waals surface area contributed by atoms with Gasteiger partial charge in [-0.05, 0) is 72.1 Å². The van der Waals surface area contributed by atoms with Crippen molar-refractivity contribution in [1.29, 1.82) is 0 Å². The minimum atomic E-state index is -3.28. The molecule has 2 aliphatic heterocycles. The summed E-state index contributed by atoms with van der Waals surface area (Å²) in [5.41, 5.74) is 4.76. The summed E-state index contributed by atoms with van der Waals surface area (Å²) in [6.45, 7) is 1.50. The molecule has 3 aromatic carbocycles. The second-order valence-electron chi connectivity index (χ2n) is 11.8. The lowest BCUT2D eigenvalue weighted by molar-refractivity contribution is -0.139. The average molecular weight is 601 g/mol. The fraction of sp³-hybridized carbons (Fsp3) is 0.375. The van der Waals surface area contributed by atoms with Gasteiger partial charge in [0, 0.05) is 32.9 Å². The zero-order chi connectivity index (χ0) is 30.1. The van der Waals surface area contributed by atoms with Gasteiger partial charge < -0.3 is 15.5 Å². The molecule has 1 aromatic heterocycles. The van der Waals surface area contributed by atoms with Gasteiger partial charge in [0.15, 0.2) is 9.84 Å². The van der Waals surface area contributed by atoms with E-state index in [2.05, 4.69) is 33.1 Å². The van der Waals surface area contributed by atoms with E-state index in [9.17, 15) is 18.0 Å². The van der Waals surface area contributed by atoms with Crippen LogP contribution in [0.4, 0.5) is 0 Å². The van der Waals surface area contributed by atoms with Gasteiger partial charge in [-0.25, -0.2) is 13.1 Å². The molecule has 11 heteroatoms. The molecule has 0 radical (unpaired) electrons. The summed E-state index contributed by atoms with van der Waals surface area (Å²) >= 11 is 0. The van der Waals surface area contributed by atoms with E-state index >= 15 is 0 Å². The van der Waals surface area contributed by atoms with Crippen LogP contribution in [-0.4, -0.2) is 71.6 Å². The SMILES string of the molecule is Cn1nnc2cc(CNC(=O)[C@@H]3C[C@@H](Cc4ccc(S(C)(=O)=O)cc4)CN3C(=O)[C@H]3C[C@@H](c4ccccc4)CN3)ccc21. The quantitative estimate of drug-likeness (QED) is 0.318. The summed E-state index contributed by atoms with van der Waals surface area (Å²) in [6, 6.07) is 21.9. The zero-order valence-corrected chi connectivity index (χ0v) is 25.1. The fourth-order valence-electron chi connectivity index (χ4n) is 6.38. The first-order chi connectivity index (χ1) is 20.7. The van der Waals surface area contributed by atoms with Gasteiger partial charge >= 0.3 is 0 Å². The second kappa shape index (κ2) is 11.9. The topological polar surface area (TPSA) is 126 Å². The van der Waals surface area contributed by atoms with Crippen molar-refractivity contribution in [3.8, 4) is 0 Å². The van der Waals surface area contributed by atoms with Crippen LogP contribution < -0.4 is 10.6 Å². The van der Waals surface area contributed by atoms with Crippen LogP contribution in [0.25, 0.3) is 11.0 Å². The van der Waals surface area contributed by atoms with Crippen LogP contribution in [-0.2, 0) is 39.4 Å². The van der Waals surface area contributed by atoms with Gasteiger partial charge in [-0.2, -0.15) is 0 Å². The Hall–Kier alpha value is -4.09. The Morgan fingerprint density at radius 2 is 1.74 bits per heavy atom. The van der Waals surface area contributed by atoms with Gasteiger partial charge in [0.25, 0.3) is 0 Å². The molecule has 224 valence electrons. The lowest BCUT2D eigenvalue weighted by Crippen LogP contribution is -2.51. The summed E-state index contributed by atoms with van der Waals surface area (Å²) in [7, 11) is -1.45. The lowest BCUT2D eigenvalue weighted by Gasteiger charge is -2.27. The molecule has 4 aromatic rings. The number of nitrogens with one attached hydrogen (secondary N) is 2. The number of sulfone groups is 1. The number of amides is 2. The highest BCUT2D eigenvalue weighted by Gasteiger charge is 2.43. The first-order valence-corrected chi connectivity index (χ1v) is 16.5. The van der Waals surface area contributed by atoms with Crippen LogP contribution in [0.2, 0.25) is 0 Å². The molecule has 2 aliphatic rings. The molecule has 0 saturated carbocycles. The molecule has 2 saturated heterocycles. The maximum atomic E-state index is 13.9. The van der Waals surface area contributed by atoms with Gasteiger partial charge in [-0.15, -0.1) is 5.10 Å². The Morgan fingerprint density at radius 1 is 1.00 bits per heavy atom. The molecule has 0 unspecified atom stereocenters. The second-order valence-corrected chi connectivity index (χ2v) is 13.8. The minimum Gasteiger partial charge on any atom is -0.350 e. The summed E-state index contributed by atoms with van der Waals surface area (Å²) in [6.07, 6.45) is 3.05. The van der Waals surface area contributed by atoms with Crippen molar-refractivity contribution in [2.45, 2.75) is 48.7 Å². The van der Waals surface area contributed by atoms with E-state index in [0.717, 1.165) is 22.2 Å². The number of benzene rings is 3. The van der Waals surface area contributed by atoms with Crippen LogP contribution >= 0.6 is 0 Å². The number of rotatable bonds is 8. The van der Waals surface area contributed by atoms with Crippen molar-refractivity contribution in [3.05, 3.63) is 89.5 Å². The lowest BCUT2D eigenvalue weighted by atomic mass is 9.96. The predicted octanol–water partition coefficient (Wildman–Crippen LogP) is 2.59. The maximum absolute atomic E-state index is 13.9. The molecule has 2 fully saturated rings. The predicted molar refractivity (Wildman–Crippen MR) is 163 cm³/mol. The summed E-state index contributed by atoms with van der Waals surface area (Å²) in [4.78, 5) is 29.6. The normalized spacial score (nSPS) is 22.2. The van der Waals surface area contributed by atoms with Crippen molar-refractivity contribution < 1.29 is 18.0 Å². The van der Waals surface area contributed by atoms with E-state index in [1.54, 1.807) is 21.7 Å². The molecular formula is C32H36N6O4S. The van der Waals surface area contributed by atoms with E-state index < -0.39 is 15.9 Å². The number of hydrogen-bond acceptors (Lipinski definition) is 7. The van der Waals surface area contributed by atoms with Gasteiger partial charge in [0.1, 0.15) is 11.6 Å². The number of hydrogen-bond donors (Lipinski definition) is 2. The Bertz CT molecular complexity index is 1740. The molecule has 0 bridgehead atoms. The highest BCUT2D eigenvalue weighted by molar-refractivity contribution is 7.90. The number of nitrogens with zero attached hydrogens (tertiary/aromatic N) is 4. The number of carbonyl (C=O) groups is 2. The van der Waals surface area contributed by atoms with Crippen molar-refractivity contribution >= 4 is 32.7 Å². The third-order valence-electron chi connectivity index (χ3n) is 8.69. The van der Waals surface area contributed by atoms with Crippen LogP contribution in [0.15, 0.2) is 77.7 Å². The summed E-state index contributed by atoms with van der Waals surface area (Å²) in [5.74, 6) is 0.0749. The van der Waals surface area contributed by atoms with Crippen molar-refractivity contribution in [3.63, 3.8) is 0 Å². The number of fused-ring (bicyclic) bond motifs is 1. The largest absolute Gasteiger partial charge is 0.350 e. The Morgan fingerprint density at radius 3 is 2.49 bits per heavy atom. The van der Waals surface area contributed by atoms with Crippen LogP contribution in [0.5, 0.6) is 0 Å². The number of aromatic nitrogens is 3. The minimum absolute atomic E-state index is 0.0468. The highest BCUT2D eigenvalue weighted by Crippen LogP contribution is 2.31. The third-order valence-corrected chi connectivity index (χ3v) is 9.82. The van der Waals surface area contributed by atoms with Crippen LogP contribution in [0.3, 0.4) is 0 Å². The fourth-order valence-corrected chi connectivity index (χ4v) is 7.01. The summed E-state index contributed by atoms with van der Waals surface area (Å²) in [5, 5.41) is 14.7. The third kappa shape index (κ3) is 6.33. The van der Waals surface area contributed by atoms with Gasteiger partial charge in [-0.1, -0.05) is 53.7 Å². The smallest absolute Gasteiger partial charge is 0.243 e. The molecule has 43 heavy (non-hydrogen) atoms. The molecule has 3 heterocycles. The van der Waals surface area contributed by atoms with Gasteiger partial charge in [0.2, 0.25) is 11.8 Å². The maximum Gasteiger partial charge on any atom is 0.243 e. The Balaban J connectivity index is 1.17. The number of likely N-dealkylation sites (tertiary alicyclic amines) is 1. The van der Waals surface area contributed by atoms with E-state index in [1.165, 1.54) is 11.8 Å². The van der Waals surface area contributed by atoms with Crippen LogP contribution in [0.1, 0.15) is 35.4 Å². The van der Waals surface area contributed by atoms with Gasteiger partial charge in [-0.3, -0.25) is 9.59 Å². The molecule has 0 spiro atoms. The molecular weight excluding hydrogens is 564 g/mol. The first kappa shape index (κ1) is 29.0. The molecule has 10 nitrogen and oxygen atoms in total. The Kier molecular flexibility index (Phi) is 8.02. The van der Waals surface area contributed by atoms with Crippen LogP contribution in [0, 0.1) is 5.92 Å². The Labute approximate surface area is 251 Å². The average Bonchev–Trinajstić information content (AvgIpc) is 3.75. The van der Waals surface area contributed by atoms with E-state index in [0.29, 0.717) is 38.9 Å². The van der Waals surface area contributed by atoms with Gasteiger partial charge in [0.05, 0.1) is 16.5 Å². The highest BCUT2D eigenvalue weighted by atomic mass is 32.2. The molecule has 6 rings (SSSR count). The van der Waals surface area contributed by atoms with E-state index in [-0.39, 0.29) is 34.6 Å². The molecule has 2 N–H and O–H groups in total. The molecule has 2 amide bonds. The van der Waals surface area contributed by atoms with E-state index in [1.807, 2.05) is 55.6 Å². The van der Waals surface area contributed by atoms with Crippen molar-refractivity contribution in [2.24, 2.45) is 13.0 Å². The molecule has 4 atom stereocenters.